The Morgan fingerprint density at radius 3 is 1.29 bits per heavy atom. The molecule has 56 heavy (non-hydrogen) atoms. The van der Waals surface area contributed by atoms with E-state index in [0.29, 0.717) is 19.4 Å². The molecule has 5 heteroatoms. The van der Waals surface area contributed by atoms with Gasteiger partial charge in [0.2, 0.25) is 0 Å². The number of esters is 2. The van der Waals surface area contributed by atoms with Crippen molar-refractivity contribution in [3.63, 3.8) is 0 Å². The number of hydrogen-bond acceptors (Lipinski definition) is 5. The largest absolute Gasteiger partial charge is 0.462 e. The highest BCUT2D eigenvalue weighted by Gasteiger charge is 2.17. The molecule has 0 aliphatic heterocycles. The molecule has 0 aromatic heterocycles. The summed E-state index contributed by atoms with van der Waals surface area (Å²) in [5, 5.41) is 0. The Kier molecular flexibility index (Phi) is 45.9. The van der Waals surface area contributed by atoms with E-state index < -0.39 is 6.10 Å². The van der Waals surface area contributed by atoms with E-state index in [1.807, 2.05) is 0 Å². The van der Waals surface area contributed by atoms with Crippen molar-refractivity contribution < 1.29 is 23.8 Å². The number of carbonyl (C=O) groups is 2. The summed E-state index contributed by atoms with van der Waals surface area (Å²) in [4.78, 5) is 25.3. The molecule has 0 aliphatic carbocycles. The van der Waals surface area contributed by atoms with Crippen LogP contribution in [0.4, 0.5) is 0 Å². The van der Waals surface area contributed by atoms with Crippen molar-refractivity contribution in [2.24, 2.45) is 0 Å². The molecule has 0 rings (SSSR count). The van der Waals surface area contributed by atoms with Gasteiger partial charge in [-0.25, -0.2) is 0 Å². The molecular formula is C51H94O5. The van der Waals surface area contributed by atoms with Gasteiger partial charge in [-0.15, -0.1) is 0 Å². The summed E-state index contributed by atoms with van der Waals surface area (Å²) in [6.07, 6.45) is 55.7. The number of carbonyl (C=O) groups excluding carboxylic acids is 2. The van der Waals surface area contributed by atoms with Crippen LogP contribution in [0.1, 0.15) is 252 Å². The van der Waals surface area contributed by atoms with E-state index in [-0.39, 0.29) is 25.2 Å². The van der Waals surface area contributed by atoms with Crippen LogP contribution in [-0.2, 0) is 23.8 Å². The van der Waals surface area contributed by atoms with Crippen molar-refractivity contribution in [1.29, 1.82) is 0 Å². The molecule has 5 nitrogen and oxygen atoms in total. The van der Waals surface area contributed by atoms with Gasteiger partial charge in [0.05, 0.1) is 6.61 Å². The Balaban J connectivity index is 4.22. The van der Waals surface area contributed by atoms with E-state index in [1.54, 1.807) is 0 Å². The first-order valence-electron chi connectivity index (χ1n) is 24.5. The fourth-order valence-electron chi connectivity index (χ4n) is 7.05. The van der Waals surface area contributed by atoms with Crippen LogP contribution >= 0.6 is 0 Å². The maximum Gasteiger partial charge on any atom is 0.306 e. The average molecular weight is 787 g/mol. The summed E-state index contributed by atoms with van der Waals surface area (Å²) in [7, 11) is 0. The van der Waals surface area contributed by atoms with Crippen LogP contribution in [-0.4, -0.2) is 37.9 Å². The minimum absolute atomic E-state index is 0.0818. The molecule has 0 spiro atoms. The second-order valence-corrected chi connectivity index (χ2v) is 16.4. The molecule has 328 valence electrons. The van der Waals surface area contributed by atoms with Crippen molar-refractivity contribution in [2.45, 2.75) is 258 Å². The Labute approximate surface area is 349 Å². The number of hydrogen-bond donors (Lipinski definition) is 0. The lowest BCUT2D eigenvalue weighted by atomic mass is 10.0. The first-order valence-corrected chi connectivity index (χ1v) is 24.5. The normalized spacial score (nSPS) is 12.4. The minimum Gasteiger partial charge on any atom is -0.462 e. The number of allylic oxidation sites excluding steroid dienone is 6. The number of rotatable bonds is 45. The second kappa shape index (κ2) is 47.5. The first-order chi connectivity index (χ1) is 27.6. The summed E-state index contributed by atoms with van der Waals surface area (Å²) >= 11 is 0. The van der Waals surface area contributed by atoms with Crippen molar-refractivity contribution >= 4 is 11.9 Å². The fraction of sp³-hybridized carbons (Fsp3) is 0.843. The summed E-state index contributed by atoms with van der Waals surface area (Å²) in [6.45, 7) is 7.73. The molecule has 1 unspecified atom stereocenters. The van der Waals surface area contributed by atoms with Gasteiger partial charge in [-0.1, -0.05) is 224 Å². The number of unbranched alkanes of at least 4 members (excludes halogenated alkanes) is 28. The molecule has 0 radical (unpaired) electrons. The third-order valence-corrected chi connectivity index (χ3v) is 10.7. The Hall–Kier alpha value is -1.88. The van der Waals surface area contributed by atoms with E-state index in [0.717, 1.165) is 64.2 Å². The fourth-order valence-corrected chi connectivity index (χ4v) is 7.05. The third kappa shape index (κ3) is 44.8. The highest BCUT2D eigenvalue weighted by atomic mass is 16.6. The van der Waals surface area contributed by atoms with Gasteiger partial charge in [0.1, 0.15) is 6.61 Å². The molecule has 0 amide bonds. The lowest BCUT2D eigenvalue weighted by molar-refractivity contribution is -0.163. The van der Waals surface area contributed by atoms with Crippen LogP contribution in [0.5, 0.6) is 0 Å². The van der Waals surface area contributed by atoms with Gasteiger partial charge in [0.15, 0.2) is 6.10 Å². The Morgan fingerprint density at radius 2 is 0.804 bits per heavy atom. The van der Waals surface area contributed by atoms with Crippen molar-refractivity contribution in [3.8, 4) is 0 Å². The maximum absolute atomic E-state index is 12.8. The average Bonchev–Trinajstić information content (AvgIpc) is 3.20. The SMILES string of the molecule is CC/C=C\C/C=C\C/C=C\CCCCCCCC(=O)OCC(COCCCCCCCCCCCC)OC(=O)CCCCCCCCCCCCCCCCC. The highest BCUT2D eigenvalue weighted by Crippen LogP contribution is 2.15. The molecule has 0 saturated carbocycles. The standard InChI is InChI=1S/C51H94O5/c1-4-7-10-13-16-19-22-24-26-28-30-32-35-38-41-44-50(52)55-48-49(47-54-46-43-40-37-34-21-18-15-12-9-6-3)56-51(53)45-42-39-36-33-31-29-27-25-23-20-17-14-11-8-5-2/h7,10,16,19,24,26,49H,4-6,8-9,11-15,17-18,20-23,25,27-48H2,1-3H3/b10-7-,19-16-,26-24-. The van der Waals surface area contributed by atoms with Crippen LogP contribution in [0.3, 0.4) is 0 Å². The molecule has 0 N–H and O–H groups in total. The Morgan fingerprint density at radius 1 is 0.411 bits per heavy atom. The molecule has 0 heterocycles. The predicted octanol–water partition coefficient (Wildman–Crippen LogP) is 16.2. The molecule has 0 aliphatic rings. The first kappa shape index (κ1) is 54.1. The molecule has 0 fully saturated rings. The lowest BCUT2D eigenvalue weighted by Crippen LogP contribution is -2.30. The van der Waals surface area contributed by atoms with Gasteiger partial charge < -0.3 is 14.2 Å². The van der Waals surface area contributed by atoms with E-state index in [9.17, 15) is 9.59 Å². The molecule has 0 aromatic rings. The van der Waals surface area contributed by atoms with Crippen LogP contribution in [0, 0.1) is 0 Å². The van der Waals surface area contributed by atoms with Gasteiger partial charge >= 0.3 is 11.9 Å². The quantitative estimate of drug-likeness (QED) is 0.0349. The minimum atomic E-state index is -0.535. The van der Waals surface area contributed by atoms with Crippen LogP contribution in [0.25, 0.3) is 0 Å². The molecular weight excluding hydrogens is 693 g/mol. The van der Waals surface area contributed by atoms with E-state index >= 15 is 0 Å². The zero-order chi connectivity index (χ0) is 40.7. The zero-order valence-electron chi connectivity index (χ0n) is 37.7. The summed E-state index contributed by atoms with van der Waals surface area (Å²) in [5.74, 6) is -0.404. The van der Waals surface area contributed by atoms with Gasteiger partial charge in [-0.3, -0.25) is 9.59 Å². The van der Waals surface area contributed by atoms with Crippen molar-refractivity contribution in [3.05, 3.63) is 36.5 Å². The van der Waals surface area contributed by atoms with E-state index in [2.05, 4.69) is 57.2 Å². The van der Waals surface area contributed by atoms with Crippen LogP contribution in [0.15, 0.2) is 36.5 Å². The van der Waals surface area contributed by atoms with Gasteiger partial charge in [0, 0.05) is 19.4 Å². The molecule has 0 saturated heterocycles. The molecule has 0 bridgehead atoms. The molecule has 0 aromatic carbocycles. The zero-order valence-corrected chi connectivity index (χ0v) is 37.7. The second-order valence-electron chi connectivity index (χ2n) is 16.4. The smallest absolute Gasteiger partial charge is 0.306 e. The number of ether oxygens (including phenoxy) is 3. The van der Waals surface area contributed by atoms with Crippen molar-refractivity contribution in [2.75, 3.05) is 19.8 Å². The topological polar surface area (TPSA) is 61.8 Å². The summed E-state index contributed by atoms with van der Waals surface area (Å²) in [6, 6.07) is 0. The highest BCUT2D eigenvalue weighted by molar-refractivity contribution is 5.70. The molecule has 1 atom stereocenters. The van der Waals surface area contributed by atoms with Gasteiger partial charge in [-0.05, 0) is 51.4 Å². The van der Waals surface area contributed by atoms with E-state index in [4.69, 9.17) is 14.2 Å². The van der Waals surface area contributed by atoms with Crippen molar-refractivity contribution in [1.82, 2.24) is 0 Å². The van der Waals surface area contributed by atoms with Gasteiger partial charge in [-0.2, -0.15) is 0 Å². The Bertz CT molecular complexity index is 893. The maximum atomic E-state index is 12.8. The van der Waals surface area contributed by atoms with Crippen LogP contribution in [0.2, 0.25) is 0 Å². The monoisotopic (exact) mass is 787 g/mol. The predicted molar refractivity (Wildman–Crippen MR) is 242 cm³/mol. The summed E-state index contributed by atoms with van der Waals surface area (Å²) < 4.78 is 17.3. The summed E-state index contributed by atoms with van der Waals surface area (Å²) in [5.41, 5.74) is 0. The van der Waals surface area contributed by atoms with Crippen LogP contribution < -0.4 is 0 Å². The van der Waals surface area contributed by atoms with E-state index in [1.165, 1.54) is 154 Å². The lowest BCUT2D eigenvalue weighted by Gasteiger charge is -2.18. The van der Waals surface area contributed by atoms with Gasteiger partial charge in [0.25, 0.3) is 0 Å². The third-order valence-electron chi connectivity index (χ3n) is 10.7.